The van der Waals surface area contributed by atoms with Crippen molar-refractivity contribution in [1.82, 2.24) is 4.98 Å². The molecule has 0 saturated carbocycles. The summed E-state index contributed by atoms with van der Waals surface area (Å²) in [4.78, 5) is 3.45. The molecule has 107 valence electrons. The standard InChI is InChI=1S/C11H4F6NOS/c12-10(13,14)6-2-1-3-7(9(6)11(15,16)17)19-8-4-20-5-18-8/h1-4H. The molecule has 0 fully saturated rings. The second-order valence-electron chi connectivity index (χ2n) is 3.55. The van der Waals surface area contributed by atoms with Gasteiger partial charge < -0.3 is 4.74 Å². The molecule has 9 heteroatoms. The molecule has 0 spiro atoms. The summed E-state index contributed by atoms with van der Waals surface area (Å²) in [6.45, 7) is 0. The summed E-state index contributed by atoms with van der Waals surface area (Å²) in [6.07, 6.45) is -10.3. The first-order valence-corrected chi connectivity index (χ1v) is 5.84. The fraction of sp³-hybridized carbons (Fsp3) is 0.182. The van der Waals surface area contributed by atoms with Crippen LogP contribution in [-0.2, 0) is 12.4 Å². The lowest BCUT2D eigenvalue weighted by atomic mass is 10.1. The first-order chi connectivity index (χ1) is 9.19. The zero-order valence-electron chi connectivity index (χ0n) is 9.34. The summed E-state index contributed by atoms with van der Waals surface area (Å²) in [7, 11) is 0. The number of hydrogen-bond acceptors (Lipinski definition) is 3. The summed E-state index contributed by atoms with van der Waals surface area (Å²) >= 11 is 0.917. The van der Waals surface area contributed by atoms with E-state index in [0.29, 0.717) is 6.07 Å². The highest BCUT2D eigenvalue weighted by molar-refractivity contribution is 7.07. The number of ether oxygens (including phenoxy) is 1. The first kappa shape index (κ1) is 14.6. The molecule has 0 amide bonds. The Morgan fingerprint density at radius 1 is 1.05 bits per heavy atom. The third-order valence-corrected chi connectivity index (χ3v) is 2.71. The van der Waals surface area contributed by atoms with Crippen LogP contribution in [0.4, 0.5) is 26.3 Å². The van der Waals surface area contributed by atoms with Crippen molar-refractivity contribution in [2.45, 2.75) is 12.4 Å². The minimum Gasteiger partial charge on any atom is -0.437 e. The van der Waals surface area contributed by atoms with Crippen LogP contribution in [0.15, 0.2) is 23.6 Å². The van der Waals surface area contributed by atoms with Crippen LogP contribution in [0, 0.1) is 5.51 Å². The van der Waals surface area contributed by atoms with E-state index in [-0.39, 0.29) is 5.88 Å². The summed E-state index contributed by atoms with van der Waals surface area (Å²) in [6, 6.07) is 1.99. The average molecular weight is 312 g/mol. The number of thiazole rings is 1. The minimum atomic E-state index is -5.21. The normalized spacial score (nSPS) is 12.5. The molecule has 20 heavy (non-hydrogen) atoms. The Morgan fingerprint density at radius 2 is 1.75 bits per heavy atom. The highest BCUT2D eigenvalue weighted by Crippen LogP contribution is 2.45. The van der Waals surface area contributed by atoms with Crippen LogP contribution in [0.3, 0.4) is 0 Å². The lowest BCUT2D eigenvalue weighted by molar-refractivity contribution is -0.162. The third-order valence-electron chi connectivity index (χ3n) is 2.20. The van der Waals surface area contributed by atoms with Gasteiger partial charge in [-0.15, -0.1) is 11.3 Å². The van der Waals surface area contributed by atoms with Crippen LogP contribution in [0.5, 0.6) is 11.6 Å². The lowest BCUT2D eigenvalue weighted by Gasteiger charge is -2.18. The van der Waals surface area contributed by atoms with Gasteiger partial charge in [0.05, 0.1) is 10.9 Å². The summed E-state index contributed by atoms with van der Waals surface area (Å²) in [5.41, 5.74) is -1.36. The Labute approximate surface area is 112 Å². The third kappa shape index (κ3) is 3.03. The van der Waals surface area contributed by atoms with Crippen molar-refractivity contribution >= 4 is 11.3 Å². The largest absolute Gasteiger partial charge is 0.437 e. The van der Waals surface area contributed by atoms with Gasteiger partial charge in [0.25, 0.3) is 0 Å². The maximum atomic E-state index is 12.9. The van der Waals surface area contributed by atoms with Gasteiger partial charge in [-0.1, -0.05) is 6.07 Å². The SMILES string of the molecule is FC(F)(F)c1cccc(Oc2cs[c]n2)c1C(F)(F)F. The molecule has 0 unspecified atom stereocenters. The maximum absolute atomic E-state index is 12.9. The number of rotatable bonds is 2. The zero-order chi connectivity index (χ0) is 15.0. The van der Waals surface area contributed by atoms with E-state index in [0.717, 1.165) is 23.5 Å². The van der Waals surface area contributed by atoms with Crippen LogP contribution in [0.25, 0.3) is 0 Å². The molecule has 1 aromatic carbocycles. The van der Waals surface area contributed by atoms with Crippen molar-refractivity contribution in [3.63, 3.8) is 0 Å². The van der Waals surface area contributed by atoms with Crippen LogP contribution in [0.2, 0.25) is 0 Å². The number of benzene rings is 1. The van der Waals surface area contributed by atoms with Gasteiger partial charge in [0.15, 0.2) is 5.51 Å². The fourth-order valence-corrected chi connectivity index (χ4v) is 1.88. The monoisotopic (exact) mass is 312 g/mol. The lowest BCUT2D eigenvalue weighted by Crippen LogP contribution is -2.17. The molecule has 0 aliphatic carbocycles. The predicted octanol–water partition coefficient (Wildman–Crippen LogP) is 4.77. The number of halogens is 6. The fourth-order valence-electron chi connectivity index (χ4n) is 1.48. The van der Waals surface area contributed by atoms with Gasteiger partial charge in [-0.05, 0) is 12.1 Å². The molecule has 0 N–H and O–H groups in total. The van der Waals surface area contributed by atoms with Gasteiger partial charge in [0.2, 0.25) is 5.88 Å². The Balaban J connectivity index is 2.57. The highest BCUT2D eigenvalue weighted by atomic mass is 32.1. The van der Waals surface area contributed by atoms with Crippen LogP contribution < -0.4 is 4.74 Å². The Kier molecular flexibility index (Phi) is 3.63. The number of nitrogens with zero attached hydrogens (tertiary/aromatic N) is 1. The molecule has 0 atom stereocenters. The topological polar surface area (TPSA) is 22.1 Å². The second kappa shape index (κ2) is 4.97. The molecular weight excluding hydrogens is 308 g/mol. The molecule has 0 aliphatic heterocycles. The molecule has 1 aromatic heterocycles. The van der Waals surface area contributed by atoms with E-state index in [1.54, 1.807) is 0 Å². The second-order valence-corrected chi connectivity index (χ2v) is 4.21. The average Bonchev–Trinajstić information content (AvgIpc) is 2.79. The van der Waals surface area contributed by atoms with Crippen molar-refractivity contribution in [2.75, 3.05) is 0 Å². The van der Waals surface area contributed by atoms with Gasteiger partial charge in [0.1, 0.15) is 11.3 Å². The molecule has 0 saturated heterocycles. The van der Waals surface area contributed by atoms with Crippen molar-refractivity contribution in [3.8, 4) is 11.6 Å². The molecular formula is C11H4F6NOS. The van der Waals surface area contributed by atoms with Gasteiger partial charge in [-0.25, -0.2) is 0 Å². The van der Waals surface area contributed by atoms with Gasteiger partial charge >= 0.3 is 12.4 Å². The van der Waals surface area contributed by atoms with E-state index >= 15 is 0 Å². The van der Waals surface area contributed by atoms with E-state index in [9.17, 15) is 26.3 Å². The Hall–Kier alpha value is -1.77. The van der Waals surface area contributed by atoms with E-state index in [1.807, 2.05) is 0 Å². The van der Waals surface area contributed by atoms with Crippen molar-refractivity contribution in [3.05, 3.63) is 40.2 Å². The molecule has 2 nitrogen and oxygen atoms in total. The van der Waals surface area contributed by atoms with Crippen molar-refractivity contribution in [2.24, 2.45) is 0 Å². The van der Waals surface area contributed by atoms with Crippen molar-refractivity contribution in [1.29, 1.82) is 0 Å². The molecule has 1 radical (unpaired) electrons. The molecule has 2 aromatic rings. The van der Waals surface area contributed by atoms with Gasteiger partial charge in [0, 0.05) is 0 Å². The molecule has 0 bridgehead atoms. The summed E-state index contributed by atoms with van der Waals surface area (Å²) < 4.78 is 81.3. The highest BCUT2D eigenvalue weighted by Gasteiger charge is 2.45. The smallest absolute Gasteiger partial charge is 0.420 e. The summed E-state index contributed by atoms with van der Waals surface area (Å²) in [5, 5.41) is 1.22. The van der Waals surface area contributed by atoms with Crippen LogP contribution in [-0.4, -0.2) is 4.98 Å². The zero-order valence-corrected chi connectivity index (χ0v) is 10.2. The van der Waals surface area contributed by atoms with Gasteiger partial charge in [-0.2, -0.15) is 31.3 Å². The van der Waals surface area contributed by atoms with E-state index < -0.39 is 29.2 Å². The Morgan fingerprint density at radius 3 is 2.25 bits per heavy atom. The molecule has 2 rings (SSSR count). The Bertz CT molecular complexity index is 590. The number of hydrogen-bond donors (Lipinski definition) is 0. The number of alkyl halides is 6. The molecule has 1 heterocycles. The van der Waals surface area contributed by atoms with Crippen LogP contribution in [0.1, 0.15) is 11.1 Å². The van der Waals surface area contributed by atoms with Crippen molar-refractivity contribution < 1.29 is 31.1 Å². The van der Waals surface area contributed by atoms with E-state index in [1.165, 1.54) is 5.38 Å². The van der Waals surface area contributed by atoms with Crippen LogP contribution >= 0.6 is 11.3 Å². The minimum absolute atomic E-state index is 0.250. The van der Waals surface area contributed by atoms with Gasteiger partial charge in [-0.3, -0.25) is 0 Å². The predicted molar refractivity (Wildman–Crippen MR) is 57.5 cm³/mol. The molecule has 0 aliphatic rings. The van der Waals surface area contributed by atoms with E-state index in [4.69, 9.17) is 4.74 Å². The number of aromatic nitrogens is 1. The maximum Gasteiger partial charge on any atom is 0.420 e. The quantitative estimate of drug-likeness (QED) is 0.745. The van der Waals surface area contributed by atoms with E-state index in [2.05, 4.69) is 10.5 Å². The summed E-state index contributed by atoms with van der Waals surface area (Å²) in [5.74, 6) is -1.20. The first-order valence-electron chi connectivity index (χ1n) is 4.96.